The number of hydrogen-bond acceptors (Lipinski definition) is 7. The number of benzene rings is 1. The zero-order chi connectivity index (χ0) is 31.4. The SMILES string of the molecule is CC(C)(C)OC(=O)N[C@H]1CCCCC/C=C\[C@@H]2C[C@@]2(C(=O)NS(=O)(=O)Nc2cccc(Cl)c2)CC(=O)[C@@H]2CCCN2C1=O. The summed E-state index contributed by atoms with van der Waals surface area (Å²) in [5.41, 5.74) is -1.80. The van der Waals surface area contributed by atoms with Gasteiger partial charge in [0, 0.05) is 18.0 Å². The van der Waals surface area contributed by atoms with Crippen LogP contribution >= 0.6 is 11.6 Å². The number of Topliss-reactive ketones (excluding diaryl/α,β-unsaturated/α-hetero) is 1. The largest absolute Gasteiger partial charge is 0.444 e. The highest BCUT2D eigenvalue weighted by atomic mass is 35.5. The van der Waals surface area contributed by atoms with E-state index in [0.29, 0.717) is 43.7 Å². The number of alkyl carbamates (subject to hydrolysis) is 1. The number of allylic oxidation sites excluding steroid dienone is 2. The van der Waals surface area contributed by atoms with Crippen molar-refractivity contribution in [3.63, 3.8) is 0 Å². The van der Waals surface area contributed by atoms with Crippen molar-refractivity contribution >= 4 is 51.2 Å². The molecular weight excluding hydrogens is 596 g/mol. The number of carbonyl (C=O) groups excluding carboxylic acids is 4. The summed E-state index contributed by atoms with van der Waals surface area (Å²) in [7, 11) is -4.31. The van der Waals surface area contributed by atoms with Crippen molar-refractivity contribution in [2.24, 2.45) is 11.3 Å². The first-order valence-electron chi connectivity index (χ1n) is 14.8. The number of carbonyl (C=O) groups is 4. The molecule has 3 aliphatic rings. The first-order valence-corrected chi connectivity index (χ1v) is 16.7. The Morgan fingerprint density at radius 3 is 2.58 bits per heavy atom. The van der Waals surface area contributed by atoms with Crippen molar-refractivity contribution < 1.29 is 32.3 Å². The first kappa shape index (κ1) is 32.8. The van der Waals surface area contributed by atoms with E-state index in [4.69, 9.17) is 16.3 Å². The van der Waals surface area contributed by atoms with Crippen LogP contribution in [-0.4, -0.2) is 61.2 Å². The number of halogens is 1. The van der Waals surface area contributed by atoms with E-state index >= 15 is 0 Å². The van der Waals surface area contributed by atoms with Gasteiger partial charge in [-0.1, -0.05) is 42.7 Å². The van der Waals surface area contributed by atoms with Gasteiger partial charge < -0.3 is 15.0 Å². The van der Waals surface area contributed by atoms with Crippen LogP contribution in [0.5, 0.6) is 0 Å². The highest BCUT2D eigenvalue weighted by molar-refractivity contribution is 7.91. The Morgan fingerprint density at radius 2 is 1.86 bits per heavy atom. The summed E-state index contributed by atoms with van der Waals surface area (Å²) in [4.78, 5) is 55.1. The Balaban J connectivity index is 1.53. The lowest BCUT2D eigenvalue weighted by molar-refractivity contribution is -0.140. The van der Waals surface area contributed by atoms with Gasteiger partial charge in [0.2, 0.25) is 11.8 Å². The number of ether oxygens (including phenoxy) is 1. The van der Waals surface area contributed by atoms with Gasteiger partial charge in [-0.3, -0.25) is 19.1 Å². The third kappa shape index (κ3) is 8.72. The zero-order valence-corrected chi connectivity index (χ0v) is 26.4. The average Bonchev–Trinajstić information content (AvgIpc) is 3.35. The van der Waals surface area contributed by atoms with Gasteiger partial charge in [-0.05, 0) is 83.4 Å². The van der Waals surface area contributed by atoms with E-state index in [1.165, 1.54) is 17.0 Å². The van der Waals surface area contributed by atoms with E-state index in [9.17, 15) is 27.6 Å². The van der Waals surface area contributed by atoms with Crippen LogP contribution in [0.15, 0.2) is 36.4 Å². The fraction of sp³-hybridized carbons (Fsp3) is 0.600. The molecule has 0 unspecified atom stereocenters. The Labute approximate surface area is 258 Å². The summed E-state index contributed by atoms with van der Waals surface area (Å²) in [5.74, 6) is -1.73. The molecule has 4 rings (SSSR count). The molecule has 236 valence electrons. The van der Waals surface area contributed by atoms with Crippen molar-refractivity contribution in [3.8, 4) is 0 Å². The van der Waals surface area contributed by atoms with Crippen LogP contribution in [-0.2, 0) is 29.3 Å². The van der Waals surface area contributed by atoms with E-state index in [-0.39, 0.29) is 29.7 Å². The van der Waals surface area contributed by atoms with Crippen molar-refractivity contribution in [1.82, 2.24) is 14.9 Å². The number of anilines is 1. The molecule has 2 heterocycles. The minimum Gasteiger partial charge on any atom is -0.444 e. The van der Waals surface area contributed by atoms with Crippen LogP contribution in [0.1, 0.15) is 78.6 Å². The smallest absolute Gasteiger partial charge is 0.408 e. The third-order valence-corrected chi connectivity index (χ3v) is 9.20. The molecule has 4 atom stereocenters. The van der Waals surface area contributed by atoms with Crippen LogP contribution in [0, 0.1) is 11.3 Å². The van der Waals surface area contributed by atoms with Gasteiger partial charge in [0.05, 0.1) is 17.1 Å². The van der Waals surface area contributed by atoms with E-state index in [1.54, 1.807) is 32.9 Å². The lowest BCUT2D eigenvalue weighted by Crippen LogP contribution is -2.53. The minimum absolute atomic E-state index is 0.186. The van der Waals surface area contributed by atoms with Crippen LogP contribution in [0.25, 0.3) is 0 Å². The number of amides is 3. The summed E-state index contributed by atoms with van der Waals surface area (Å²) >= 11 is 5.96. The Bertz CT molecular complexity index is 1380. The molecule has 0 spiro atoms. The molecule has 0 radical (unpaired) electrons. The fourth-order valence-corrected chi connectivity index (χ4v) is 6.96. The molecule has 1 saturated heterocycles. The van der Waals surface area contributed by atoms with Crippen molar-refractivity contribution in [1.29, 1.82) is 0 Å². The summed E-state index contributed by atoms with van der Waals surface area (Å²) in [6.45, 7) is 5.57. The number of hydrogen-bond donors (Lipinski definition) is 3. The highest BCUT2D eigenvalue weighted by Gasteiger charge is 2.61. The van der Waals surface area contributed by atoms with Gasteiger partial charge >= 0.3 is 16.3 Å². The molecule has 0 aromatic heterocycles. The van der Waals surface area contributed by atoms with Crippen molar-refractivity contribution in [3.05, 3.63) is 41.4 Å². The second-order valence-electron chi connectivity index (χ2n) is 12.6. The van der Waals surface area contributed by atoms with Gasteiger partial charge in [0.15, 0.2) is 5.78 Å². The molecule has 3 N–H and O–H groups in total. The summed E-state index contributed by atoms with van der Waals surface area (Å²) in [5, 5.41) is 3.04. The Kier molecular flexibility index (Phi) is 10.1. The van der Waals surface area contributed by atoms with Gasteiger partial charge in [-0.2, -0.15) is 8.42 Å². The predicted molar refractivity (Wildman–Crippen MR) is 162 cm³/mol. The van der Waals surface area contributed by atoms with E-state index in [1.807, 2.05) is 12.2 Å². The van der Waals surface area contributed by atoms with Crippen molar-refractivity contribution in [2.75, 3.05) is 11.3 Å². The molecule has 13 heteroatoms. The molecule has 43 heavy (non-hydrogen) atoms. The number of nitrogens with zero attached hydrogens (tertiary/aromatic N) is 1. The maximum atomic E-state index is 13.7. The number of ketones is 1. The van der Waals surface area contributed by atoms with Crippen LogP contribution in [0.3, 0.4) is 0 Å². The number of fused-ring (bicyclic) bond motifs is 2. The fourth-order valence-electron chi connectivity index (χ4n) is 5.84. The summed E-state index contributed by atoms with van der Waals surface area (Å²) in [6, 6.07) is 4.46. The topological polar surface area (TPSA) is 151 Å². The maximum absolute atomic E-state index is 13.7. The van der Waals surface area contributed by atoms with Crippen LogP contribution in [0.2, 0.25) is 5.02 Å². The van der Waals surface area contributed by atoms with E-state index < -0.39 is 45.3 Å². The molecule has 0 bridgehead atoms. The maximum Gasteiger partial charge on any atom is 0.408 e. The highest BCUT2D eigenvalue weighted by Crippen LogP contribution is 2.57. The lowest BCUT2D eigenvalue weighted by Gasteiger charge is -2.30. The van der Waals surface area contributed by atoms with Gasteiger partial charge in [-0.25, -0.2) is 9.52 Å². The van der Waals surface area contributed by atoms with Gasteiger partial charge in [0.25, 0.3) is 0 Å². The number of rotatable bonds is 5. The molecule has 1 aromatic carbocycles. The zero-order valence-electron chi connectivity index (χ0n) is 24.9. The summed E-state index contributed by atoms with van der Waals surface area (Å²) < 4.78 is 35.5. The third-order valence-electron chi connectivity index (χ3n) is 8.01. The van der Waals surface area contributed by atoms with Crippen LogP contribution in [0.4, 0.5) is 10.5 Å². The molecule has 1 aliphatic carbocycles. The molecular formula is C30H41ClN4O7S. The average molecular weight is 637 g/mol. The quantitative estimate of drug-likeness (QED) is 0.403. The second kappa shape index (κ2) is 13.3. The molecule has 1 aromatic rings. The molecule has 11 nitrogen and oxygen atoms in total. The Morgan fingerprint density at radius 1 is 1.09 bits per heavy atom. The first-order chi connectivity index (χ1) is 20.2. The summed E-state index contributed by atoms with van der Waals surface area (Å²) in [6.07, 6.45) is 7.77. The lowest BCUT2D eigenvalue weighted by atomic mass is 9.91. The van der Waals surface area contributed by atoms with E-state index in [2.05, 4.69) is 14.8 Å². The second-order valence-corrected chi connectivity index (χ2v) is 14.5. The minimum atomic E-state index is -4.31. The van der Waals surface area contributed by atoms with Crippen molar-refractivity contribution in [2.45, 2.75) is 96.2 Å². The Hall–Kier alpha value is -3.12. The number of nitrogens with one attached hydrogen (secondary N) is 3. The van der Waals surface area contributed by atoms with Gasteiger partial charge in [-0.15, -0.1) is 0 Å². The van der Waals surface area contributed by atoms with Gasteiger partial charge in [0.1, 0.15) is 11.6 Å². The molecule has 3 amide bonds. The van der Waals surface area contributed by atoms with Crippen LogP contribution < -0.4 is 14.8 Å². The molecule has 1 saturated carbocycles. The molecule has 2 aliphatic heterocycles. The standard InChI is InChI=1S/C30H41ClN4O7S/c1-29(2,3)42-28(39)32-23-14-8-6-4-5-7-11-20-18-30(20,19-25(36)24-15-10-16-35(24)26(23)37)27(38)34-43(40,41)33-22-13-9-12-21(31)17-22/h7,9,11-13,17,20,23-24,33H,4-6,8,10,14-16,18-19H2,1-3H3,(H,32,39)(H,34,38)/b11-7-/t20-,23+,24+,30-/m1/s1. The monoisotopic (exact) mass is 636 g/mol. The predicted octanol–water partition coefficient (Wildman–Crippen LogP) is 4.48. The normalized spacial score (nSPS) is 27.5. The molecule has 2 fully saturated rings. The van der Waals surface area contributed by atoms with E-state index in [0.717, 1.165) is 19.3 Å².